The molecule has 1 aromatic heterocycles. The van der Waals surface area contributed by atoms with Crippen molar-refractivity contribution in [2.24, 2.45) is 0 Å². The van der Waals surface area contributed by atoms with Gasteiger partial charge in [0.25, 0.3) is 0 Å². The fraction of sp³-hybridized carbons (Fsp3) is 0.130. The van der Waals surface area contributed by atoms with Crippen molar-refractivity contribution < 1.29 is 9.18 Å². The number of aryl methyl sites for hydroxylation is 1. The number of carbonyl (C=O) groups is 1. The van der Waals surface area contributed by atoms with Crippen molar-refractivity contribution in [2.45, 2.75) is 13.5 Å². The monoisotopic (exact) mass is 422 g/mol. The molecule has 152 valence electrons. The highest BCUT2D eigenvalue weighted by Gasteiger charge is 2.13. The molecular weight excluding hydrogens is 403 g/mol. The van der Waals surface area contributed by atoms with Crippen LogP contribution in [0.3, 0.4) is 0 Å². The van der Waals surface area contributed by atoms with Crippen LogP contribution in [0.4, 0.5) is 14.9 Å². The van der Waals surface area contributed by atoms with Crippen molar-refractivity contribution in [3.63, 3.8) is 0 Å². The van der Waals surface area contributed by atoms with Gasteiger partial charge in [0.15, 0.2) is 0 Å². The Kier molecular flexibility index (Phi) is 5.68. The highest BCUT2D eigenvalue weighted by Crippen LogP contribution is 2.25. The standard InChI is InChI=1S/C23H20ClFN4O/c1-15-6-11-19(18(24)14-15)28-23(30)26-12-13-29-21-5-3-2-4-20(21)27-22(29)16-7-9-17(25)10-8-16/h2-11,14H,12-13H2,1H3,(H2,26,28,30). The molecule has 0 aliphatic rings. The lowest BCUT2D eigenvalue weighted by Crippen LogP contribution is -2.31. The average molecular weight is 423 g/mol. The smallest absolute Gasteiger partial charge is 0.319 e. The number of nitrogens with one attached hydrogen (secondary N) is 2. The lowest BCUT2D eigenvalue weighted by Gasteiger charge is -2.12. The number of benzene rings is 3. The van der Waals surface area contributed by atoms with Crippen LogP contribution in [0.5, 0.6) is 0 Å². The van der Waals surface area contributed by atoms with E-state index in [2.05, 4.69) is 10.6 Å². The summed E-state index contributed by atoms with van der Waals surface area (Å²) in [6, 6.07) is 19.1. The number of halogens is 2. The molecule has 3 aromatic carbocycles. The summed E-state index contributed by atoms with van der Waals surface area (Å²) < 4.78 is 15.4. The molecule has 0 aliphatic carbocycles. The van der Waals surface area contributed by atoms with E-state index in [0.717, 1.165) is 28.0 Å². The van der Waals surface area contributed by atoms with Crippen LogP contribution in [0.25, 0.3) is 22.4 Å². The zero-order valence-corrected chi connectivity index (χ0v) is 17.1. The molecule has 30 heavy (non-hydrogen) atoms. The maximum atomic E-state index is 13.3. The minimum atomic E-state index is -0.339. The third-order valence-electron chi connectivity index (χ3n) is 4.75. The molecule has 0 atom stereocenters. The van der Waals surface area contributed by atoms with E-state index < -0.39 is 0 Å². The first kappa shape index (κ1) is 19.9. The molecule has 0 aliphatic heterocycles. The number of carbonyl (C=O) groups excluding carboxylic acids is 1. The number of urea groups is 1. The molecule has 0 saturated carbocycles. The lowest BCUT2D eigenvalue weighted by atomic mass is 10.2. The fourth-order valence-corrected chi connectivity index (χ4v) is 3.57. The van der Waals surface area contributed by atoms with Crippen LogP contribution in [0.15, 0.2) is 66.7 Å². The summed E-state index contributed by atoms with van der Waals surface area (Å²) >= 11 is 6.17. The van der Waals surface area contributed by atoms with Gasteiger partial charge in [0.1, 0.15) is 11.6 Å². The van der Waals surface area contributed by atoms with Crippen LogP contribution in [0, 0.1) is 12.7 Å². The van der Waals surface area contributed by atoms with Gasteiger partial charge >= 0.3 is 6.03 Å². The Balaban J connectivity index is 1.50. The summed E-state index contributed by atoms with van der Waals surface area (Å²) in [5.74, 6) is 0.425. The van der Waals surface area contributed by atoms with Crippen LogP contribution < -0.4 is 10.6 Å². The van der Waals surface area contributed by atoms with E-state index in [0.29, 0.717) is 23.8 Å². The largest absolute Gasteiger partial charge is 0.336 e. The first-order chi connectivity index (χ1) is 14.5. The van der Waals surface area contributed by atoms with Crippen LogP contribution in [-0.2, 0) is 6.54 Å². The molecule has 2 N–H and O–H groups in total. The summed E-state index contributed by atoms with van der Waals surface area (Å²) in [4.78, 5) is 17.0. The molecule has 4 aromatic rings. The predicted octanol–water partition coefficient (Wildman–Crippen LogP) is 5.63. The number of para-hydroxylation sites is 2. The van der Waals surface area contributed by atoms with Crippen LogP contribution in [-0.4, -0.2) is 22.1 Å². The van der Waals surface area contributed by atoms with Crippen LogP contribution in [0.2, 0.25) is 5.02 Å². The Morgan fingerprint density at radius 1 is 1.10 bits per heavy atom. The zero-order valence-electron chi connectivity index (χ0n) is 16.3. The number of amides is 2. The molecular formula is C23H20ClFN4O. The Labute approximate surface area is 178 Å². The number of nitrogens with zero attached hydrogens (tertiary/aromatic N) is 2. The lowest BCUT2D eigenvalue weighted by molar-refractivity contribution is 0.251. The summed E-state index contributed by atoms with van der Waals surface area (Å²) in [6.45, 7) is 2.82. The van der Waals surface area contributed by atoms with Crippen molar-refractivity contribution >= 4 is 34.4 Å². The van der Waals surface area contributed by atoms with Crippen molar-refractivity contribution in [3.05, 3.63) is 83.1 Å². The molecule has 4 rings (SSSR count). The minimum absolute atomic E-state index is 0.297. The van der Waals surface area contributed by atoms with E-state index in [1.807, 2.05) is 41.8 Å². The number of hydrogen-bond donors (Lipinski definition) is 2. The van der Waals surface area contributed by atoms with Gasteiger partial charge in [0.2, 0.25) is 0 Å². The number of anilines is 1. The van der Waals surface area contributed by atoms with Gasteiger partial charge < -0.3 is 15.2 Å². The molecule has 1 heterocycles. The van der Waals surface area contributed by atoms with Crippen LogP contribution >= 0.6 is 11.6 Å². The second-order valence-electron chi connectivity index (χ2n) is 6.95. The van der Waals surface area contributed by atoms with Gasteiger partial charge in [-0.25, -0.2) is 14.2 Å². The van der Waals surface area contributed by atoms with E-state index in [4.69, 9.17) is 16.6 Å². The first-order valence-corrected chi connectivity index (χ1v) is 9.91. The Hall–Kier alpha value is -3.38. The molecule has 0 bridgehead atoms. The van der Waals surface area contributed by atoms with E-state index in [9.17, 15) is 9.18 Å². The quantitative estimate of drug-likeness (QED) is 0.438. The molecule has 0 spiro atoms. The number of rotatable bonds is 5. The Bertz CT molecular complexity index is 1200. The van der Waals surface area contributed by atoms with Gasteiger partial charge in [-0.2, -0.15) is 0 Å². The van der Waals surface area contributed by atoms with E-state index in [1.165, 1.54) is 12.1 Å². The van der Waals surface area contributed by atoms with Gasteiger partial charge in [-0.1, -0.05) is 29.8 Å². The van der Waals surface area contributed by atoms with Crippen LogP contribution in [0.1, 0.15) is 5.56 Å². The van der Waals surface area contributed by atoms with E-state index in [1.54, 1.807) is 24.3 Å². The van der Waals surface area contributed by atoms with Crippen molar-refractivity contribution in [2.75, 3.05) is 11.9 Å². The van der Waals surface area contributed by atoms with Crippen molar-refractivity contribution in [3.8, 4) is 11.4 Å². The fourth-order valence-electron chi connectivity index (χ4n) is 3.29. The van der Waals surface area contributed by atoms with Gasteiger partial charge in [-0.15, -0.1) is 0 Å². The predicted molar refractivity (Wildman–Crippen MR) is 118 cm³/mol. The number of aromatic nitrogens is 2. The molecule has 7 heteroatoms. The highest BCUT2D eigenvalue weighted by molar-refractivity contribution is 6.33. The number of hydrogen-bond acceptors (Lipinski definition) is 2. The SMILES string of the molecule is Cc1ccc(NC(=O)NCCn2c(-c3ccc(F)cc3)nc3ccccc32)c(Cl)c1. The maximum absolute atomic E-state index is 13.3. The van der Waals surface area contributed by atoms with Gasteiger partial charge in [-0.3, -0.25) is 0 Å². The summed E-state index contributed by atoms with van der Waals surface area (Å²) in [5.41, 5.74) is 4.17. The number of fused-ring (bicyclic) bond motifs is 1. The Morgan fingerprint density at radius 2 is 1.87 bits per heavy atom. The third-order valence-corrected chi connectivity index (χ3v) is 5.06. The van der Waals surface area contributed by atoms with Gasteiger partial charge in [-0.05, 0) is 61.0 Å². The summed E-state index contributed by atoms with van der Waals surface area (Å²) in [7, 11) is 0. The topological polar surface area (TPSA) is 59.0 Å². The minimum Gasteiger partial charge on any atom is -0.336 e. The van der Waals surface area contributed by atoms with E-state index >= 15 is 0 Å². The van der Waals surface area contributed by atoms with Gasteiger partial charge in [0, 0.05) is 18.7 Å². The Morgan fingerprint density at radius 3 is 2.63 bits per heavy atom. The average Bonchev–Trinajstić information content (AvgIpc) is 3.09. The van der Waals surface area contributed by atoms with Crippen molar-refractivity contribution in [1.82, 2.24) is 14.9 Å². The molecule has 0 fully saturated rings. The molecule has 2 amide bonds. The second-order valence-corrected chi connectivity index (χ2v) is 7.35. The maximum Gasteiger partial charge on any atom is 0.319 e. The summed E-state index contributed by atoms with van der Waals surface area (Å²) in [5, 5.41) is 6.10. The summed E-state index contributed by atoms with van der Waals surface area (Å²) in [6.07, 6.45) is 0. The molecule has 0 radical (unpaired) electrons. The second kappa shape index (κ2) is 8.55. The molecule has 0 saturated heterocycles. The molecule has 0 unspecified atom stereocenters. The van der Waals surface area contributed by atoms with Gasteiger partial charge in [0.05, 0.1) is 21.7 Å². The zero-order chi connectivity index (χ0) is 21.1. The first-order valence-electron chi connectivity index (χ1n) is 9.53. The van der Waals surface area contributed by atoms with E-state index in [-0.39, 0.29) is 11.8 Å². The number of imidazole rings is 1. The third kappa shape index (κ3) is 4.28. The normalized spacial score (nSPS) is 10.9. The van der Waals surface area contributed by atoms with Crippen molar-refractivity contribution in [1.29, 1.82) is 0 Å². The highest BCUT2D eigenvalue weighted by atomic mass is 35.5. The molecule has 5 nitrogen and oxygen atoms in total.